The van der Waals surface area contributed by atoms with E-state index in [-0.39, 0.29) is 11.5 Å². The average Bonchev–Trinajstić information content (AvgIpc) is 3.46. The molecular formula is C25H33N7O4S. The number of piperidine rings is 1. The lowest BCUT2D eigenvalue weighted by Gasteiger charge is -2.32. The van der Waals surface area contributed by atoms with E-state index in [0.29, 0.717) is 51.9 Å². The molecular weight excluding hydrogens is 494 g/mol. The summed E-state index contributed by atoms with van der Waals surface area (Å²) in [5.74, 6) is 1.51. The van der Waals surface area contributed by atoms with Crippen LogP contribution in [0.15, 0.2) is 40.8 Å². The monoisotopic (exact) mass is 527 g/mol. The fourth-order valence-corrected chi connectivity index (χ4v) is 4.89. The first-order valence-electron chi connectivity index (χ1n) is 12.5. The Hall–Kier alpha value is -3.19. The van der Waals surface area contributed by atoms with Crippen molar-refractivity contribution in [3.63, 3.8) is 0 Å². The van der Waals surface area contributed by atoms with Gasteiger partial charge in [-0.1, -0.05) is 6.07 Å². The molecule has 198 valence electrons. The van der Waals surface area contributed by atoms with E-state index in [1.165, 1.54) is 0 Å². The first-order chi connectivity index (χ1) is 18.2. The molecule has 0 aliphatic carbocycles. The molecule has 11 nitrogen and oxygen atoms in total. The lowest BCUT2D eigenvalue weighted by Crippen LogP contribution is -2.35. The summed E-state index contributed by atoms with van der Waals surface area (Å²) in [6, 6.07) is 5.56. The summed E-state index contributed by atoms with van der Waals surface area (Å²) >= 11 is 1.61. The summed E-state index contributed by atoms with van der Waals surface area (Å²) in [5, 5.41) is 7.69. The highest BCUT2D eigenvalue weighted by atomic mass is 32.1. The molecule has 1 aliphatic rings. The van der Waals surface area contributed by atoms with Gasteiger partial charge >= 0.3 is 0 Å². The van der Waals surface area contributed by atoms with E-state index in [1.807, 2.05) is 29.9 Å². The zero-order valence-corrected chi connectivity index (χ0v) is 21.5. The smallest absolute Gasteiger partial charge is 0.273 e. The number of hydrogen-bond acceptors (Lipinski definition) is 10. The number of likely N-dealkylation sites (tertiary alicyclic amines) is 1. The van der Waals surface area contributed by atoms with Gasteiger partial charge in [-0.3, -0.25) is 14.5 Å². The highest BCUT2D eigenvalue weighted by Gasteiger charge is 2.24. The van der Waals surface area contributed by atoms with Gasteiger partial charge in [0, 0.05) is 56.1 Å². The molecule has 1 aliphatic heterocycles. The summed E-state index contributed by atoms with van der Waals surface area (Å²) < 4.78 is 10.8. The molecule has 0 spiro atoms. The van der Waals surface area contributed by atoms with E-state index in [1.54, 1.807) is 17.4 Å². The minimum Gasteiger partial charge on any atom is -0.377 e. The van der Waals surface area contributed by atoms with Gasteiger partial charge in [-0.05, 0) is 30.8 Å². The van der Waals surface area contributed by atoms with Gasteiger partial charge in [0.1, 0.15) is 5.82 Å². The second kappa shape index (κ2) is 14.5. The molecule has 3 aromatic heterocycles. The van der Waals surface area contributed by atoms with Gasteiger partial charge in [-0.25, -0.2) is 9.97 Å². The highest BCUT2D eigenvalue weighted by Crippen LogP contribution is 2.27. The Kier molecular flexibility index (Phi) is 10.5. The second-order valence-corrected chi connectivity index (χ2v) is 9.66. The van der Waals surface area contributed by atoms with E-state index < -0.39 is 0 Å². The third kappa shape index (κ3) is 8.71. The molecule has 0 radical (unpaired) electrons. The van der Waals surface area contributed by atoms with Gasteiger partial charge in [0.25, 0.3) is 5.56 Å². The molecule has 4 rings (SSSR count). The molecule has 37 heavy (non-hydrogen) atoms. The number of ether oxygens (including phenoxy) is 2. The van der Waals surface area contributed by atoms with Crippen molar-refractivity contribution in [2.75, 3.05) is 57.9 Å². The Morgan fingerprint density at radius 1 is 1.16 bits per heavy atom. The average molecular weight is 528 g/mol. The van der Waals surface area contributed by atoms with Crippen LogP contribution in [0.1, 0.15) is 30.1 Å². The van der Waals surface area contributed by atoms with Crippen LogP contribution in [0.5, 0.6) is 0 Å². The molecule has 1 saturated heterocycles. The number of nitrogens with one attached hydrogen (secondary N) is 3. The lowest BCUT2D eigenvalue weighted by molar-refractivity contribution is -0.109. The summed E-state index contributed by atoms with van der Waals surface area (Å²) in [6.07, 6.45) is 6.38. The zero-order valence-electron chi connectivity index (χ0n) is 20.7. The molecule has 0 aromatic carbocycles. The number of rotatable bonds is 15. The van der Waals surface area contributed by atoms with E-state index in [2.05, 4.69) is 35.5 Å². The fraction of sp³-hybridized carbons (Fsp3) is 0.480. The Morgan fingerprint density at radius 2 is 1.97 bits per heavy atom. The first kappa shape index (κ1) is 26.9. The number of carbonyl (C=O) groups is 1. The number of thiophene rings is 1. The predicted octanol–water partition coefficient (Wildman–Crippen LogP) is 1.86. The van der Waals surface area contributed by atoms with E-state index in [4.69, 9.17) is 9.47 Å². The number of hydrogen-bond donors (Lipinski definition) is 3. The van der Waals surface area contributed by atoms with Crippen LogP contribution >= 0.6 is 11.3 Å². The van der Waals surface area contributed by atoms with Gasteiger partial charge in [0.05, 0.1) is 37.0 Å². The van der Waals surface area contributed by atoms with Crippen LogP contribution < -0.4 is 16.2 Å². The van der Waals surface area contributed by atoms with Crippen LogP contribution in [0.3, 0.4) is 0 Å². The number of carbonyl (C=O) groups excluding carboxylic acids is 1. The Bertz CT molecular complexity index is 1140. The van der Waals surface area contributed by atoms with Crippen molar-refractivity contribution >= 4 is 23.7 Å². The minimum atomic E-state index is -0.201. The number of aromatic nitrogens is 4. The van der Waals surface area contributed by atoms with Crippen LogP contribution in [-0.4, -0.2) is 83.9 Å². The number of amides is 1. The number of anilines is 1. The molecule has 0 bridgehead atoms. The lowest BCUT2D eigenvalue weighted by atomic mass is 9.96. The maximum absolute atomic E-state index is 12.3. The summed E-state index contributed by atoms with van der Waals surface area (Å²) in [6.45, 7) is 5.60. The minimum absolute atomic E-state index is 0.182. The third-order valence-corrected chi connectivity index (χ3v) is 6.83. The fourth-order valence-electron chi connectivity index (χ4n) is 4.19. The second-order valence-electron chi connectivity index (χ2n) is 8.71. The molecule has 1 fully saturated rings. The molecule has 1 amide bonds. The zero-order chi connectivity index (χ0) is 25.7. The molecule has 1 unspecified atom stereocenters. The van der Waals surface area contributed by atoms with Crippen molar-refractivity contribution in [3.05, 3.63) is 57.7 Å². The Morgan fingerprint density at radius 3 is 2.73 bits per heavy atom. The molecule has 0 saturated carbocycles. The van der Waals surface area contributed by atoms with Crippen molar-refractivity contribution in [2.24, 2.45) is 0 Å². The van der Waals surface area contributed by atoms with Gasteiger partial charge in [0.15, 0.2) is 0 Å². The predicted molar refractivity (Wildman–Crippen MR) is 142 cm³/mol. The maximum atomic E-state index is 12.3. The van der Waals surface area contributed by atoms with Crippen LogP contribution in [0.4, 0.5) is 5.95 Å². The van der Waals surface area contributed by atoms with Gasteiger partial charge in [-0.2, -0.15) is 4.98 Å². The van der Waals surface area contributed by atoms with E-state index in [9.17, 15) is 9.59 Å². The quantitative estimate of drug-likeness (QED) is 0.200. The summed E-state index contributed by atoms with van der Waals surface area (Å²) in [5.41, 5.74) is 1.67. The maximum Gasteiger partial charge on any atom is 0.273 e. The first-order valence-corrected chi connectivity index (χ1v) is 13.3. The van der Waals surface area contributed by atoms with Gasteiger partial charge < -0.3 is 25.1 Å². The van der Waals surface area contributed by atoms with Gasteiger partial charge in [0.2, 0.25) is 12.4 Å². The van der Waals surface area contributed by atoms with Crippen molar-refractivity contribution in [2.45, 2.75) is 25.3 Å². The Balaban J connectivity index is 1.19. The molecule has 1 atom stereocenters. The number of aromatic amines is 1. The topological polar surface area (TPSA) is 134 Å². The van der Waals surface area contributed by atoms with Crippen LogP contribution in [0.25, 0.3) is 10.6 Å². The number of nitrogens with zero attached hydrogens (tertiary/aromatic N) is 4. The van der Waals surface area contributed by atoms with Crippen molar-refractivity contribution in [1.29, 1.82) is 0 Å². The molecule has 12 heteroatoms. The molecule has 3 aromatic rings. The largest absolute Gasteiger partial charge is 0.377 e. The molecule has 4 heterocycles. The third-order valence-electron chi connectivity index (χ3n) is 5.93. The summed E-state index contributed by atoms with van der Waals surface area (Å²) in [7, 11) is 0. The van der Waals surface area contributed by atoms with Crippen LogP contribution in [0, 0.1) is 0 Å². The summed E-state index contributed by atoms with van der Waals surface area (Å²) in [4.78, 5) is 42.3. The van der Waals surface area contributed by atoms with Crippen molar-refractivity contribution in [1.82, 2.24) is 30.2 Å². The van der Waals surface area contributed by atoms with Crippen molar-refractivity contribution < 1.29 is 14.3 Å². The van der Waals surface area contributed by atoms with Gasteiger partial charge in [-0.15, -0.1) is 11.3 Å². The highest BCUT2D eigenvalue weighted by molar-refractivity contribution is 7.13. The van der Waals surface area contributed by atoms with E-state index in [0.717, 1.165) is 54.4 Å². The van der Waals surface area contributed by atoms with Crippen LogP contribution in [-0.2, 0) is 20.8 Å². The standard InChI is InChI=1S/C25H33N7O4S/c33-18-26-5-8-35-10-11-36-9-6-27-25-28-14-19(15-29-25)16-32-7-1-3-20(17-32)24-30-21(13-23(34)31-24)22-4-2-12-37-22/h2,4,12-15,18,20H,1,3,5-11,16-17H2,(H,26,33)(H,27,28,29)(H,30,31,34). The molecule has 3 N–H and O–H groups in total. The van der Waals surface area contributed by atoms with Crippen LogP contribution in [0.2, 0.25) is 0 Å². The van der Waals surface area contributed by atoms with Crippen molar-refractivity contribution in [3.8, 4) is 10.6 Å². The Labute approximate surface area is 219 Å². The normalized spacial score (nSPS) is 15.9. The SMILES string of the molecule is O=CNCCOCCOCCNc1ncc(CN2CCCC(c3nc(=O)cc(-c4cccs4)[nH]3)C2)cn1. The van der Waals surface area contributed by atoms with E-state index >= 15 is 0 Å². The number of H-pyrrole nitrogens is 1.